The Kier molecular flexibility index (Phi) is 3.79. The second kappa shape index (κ2) is 5.51. The molecule has 0 radical (unpaired) electrons. The maximum atomic E-state index is 11.9. The van der Waals surface area contributed by atoms with Crippen molar-refractivity contribution in [1.29, 1.82) is 0 Å². The number of hydrogen-bond donors (Lipinski definition) is 0. The predicted octanol–water partition coefficient (Wildman–Crippen LogP) is 0.825. The van der Waals surface area contributed by atoms with Crippen LogP contribution in [0.15, 0.2) is 30.7 Å². The lowest BCUT2D eigenvalue weighted by atomic mass is 10.3. The Morgan fingerprint density at radius 1 is 1.42 bits per heavy atom. The van der Waals surface area contributed by atoms with Crippen LogP contribution in [-0.2, 0) is 25.4 Å². The van der Waals surface area contributed by atoms with Gasteiger partial charge >= 0.3 is 0 Å². The number of carbonyl (C=O) groups excluding carboxylic acids is 1. The van der Waals surface area contributed by atoms with Crippen LogP contribution in [0.4, 0.5) is 0 Å². The van der Waals surface area contributed by atoms with E-state index in [1.54, 1.807) is 45.9 Å². The zero-order valence-corrected chi connectivity index (χ0v) is 11.3. The molecule has 0 atom stereocenters. The highest BCUT2D eigenvalue weighted by Gasteiger charge is 2.08. The summed E-state index contributed by atoms with van der Waals surface area (Å²) in [4.78, 5) is 13.6. The molecule has 19 heavy (non-hydrogen) atoms. The summed E-state index contributed by atoms with van der Waals surface area (Å²) in [6, 6.07) is 1.90. The van der Waals surface area contributed by atoms with Crippen molar-refractivity contribution in [2.45, 2.75) is 6.54 Å². The van der Waals surface area contributed by atoms with Crippen molar-refractivity contribution >= 4 is 12.0 Å². The van der Waals surface area contributed by atoms with E-state index in [0.29, 0.717) is 6.54 Å². The Balaban J connectivity index is 1.96. The van der Waals surface area contributed by atoms with Gasteiger partial charge in [0.25, 0.3) is 0 Å². The van der Waals surface area contributed by atoms with Crippen LogP contribution in [0.5, 0.6) is 0 Å². The number of aromatic nitrogens is 4. The highest BCUT2D eigenvalue weighted by atomic mass is 16.2. The van der Waals surface area contributed by atoms with Crippen LogP contribution in [0, 0.1) is 0 Å². The SMILES string of the molecule is CN(Cc1ccnn1C)C(=O)/C=C/c1cnn(C)c1. The number of likely N-dealkylation sites (N-methyl/N-ethyl adjacent to an activating group) is 1. The lowest BCUT2D eigenvalue weighted by molar-refractivity contribution is -0.125. The molecule has 0 saturated heterocycles. The number of aryl methyl sites for hydroxylation is 2. The van der Waals surface area contributed by atoms with Gasteiger partial charge in [0, 0.05) is 45.2 Å². The molecule has 0 unspecified atom stereocenters. The molecule has 0 saturated carbocycles. The van der Waals surface area contributed by atoms with Crippen molar-refractivity contribution in [3.8, 4) is 0 Å². The van der Waals surface area contributed by atoms with Gasteiger partial charge in [0.2, 0.25) is 5.91 Å². The van der Waals surface area contributed by atoms with Gasteiger partial charge in [0.15, 0.2) is 0 Å². The Morgan fingerprint density at radius 2 is 2.21 bits per heavy atom. The van der Waals surface area contributed by atoms with E-state index in [-0.39, 0.29) is 5.91 Å². The summed E-state index contributed by atoms with van der Waals surface area (Å²) >= 11 is 0. The highest BCUT2D eigenvalue weighted by molar-refractivity contribution is 5.91. The Hall–Kier alpha value is -2.37. The van der Waals surface area contributed by atoms with Gasteiger partial charge in [-0.3, -0.25) is 14.2 Å². The summed E-state index contributed by atoms with van der Waals surface area (Å²) in [5.41, 5.74) is 1.90. The van der Waals surface area contributed by atoms with Gasteiger partial charge in [-0.25, -0.2) is 0 Å². The normalized spacial score (nSPS) is 11.1. The topological polar surface area (TPSA) is 56.0 Å². The maximum Gasteiger partial charge on any atom is 0.246 e. The van der Waals surface area contributed by atoms with Crippen molar-refractivity contribution in [2.75, 3.05) is 7.05 Å². The highest BCUT2D eigenvalue weighted by Crippen LogP contribution is 2.04. The van der Waals surface area contributed by atoms with Crippen LogP contribution in [0.3, 0.4) is 0 Å². The molecule has 0 bridgehead atoms. The first kappa shape index (κ1) is 13.1. The predicted molar refractivity (Wildman–Crippen MR) is 71.9 cm³/mol. The minimum atomic E-state index is -0.0509. The van der Waals surface area contributed by atoms with Crippen molar-refractivity contribution < 1.29 is 4.79 Å². The Morgan fingerprint density at radius 3 is 2.79 bits per heavy atom. The van der Waals surface area contributed by atoms with Crippen molar-refractivity contribution in [3.63, 3.8) is 0 Å². The minimum absolute atomic E-state index is 0.0509. The first-order valence-corrected chi connectivity index (χ1v) is 5.95. The molecule has 0 aliphatic rings. The van der Waals surface area contributed by atoms with Crippen molar-refractivity contribution in [1.82, 2.24) is 24.5 Å². The van der Waals surface area contributed by atoms with Gasteiger partial charge in [0.05, 0.1) is 18.4 Å². The fourth-order valence-corrected chi connectivity index (χ4v) is 1.70. The Bertz CT molecular complexity index is 596. The van der Waals surface area contributed by atoms with Crippen molar-refractivity contribution in [3.05, 3.63) is 42.0 Å². The fraction of sp³-hybridized carbons (Fsp3) is 0.308. The number of hydrogen-bond acceptors (Lipinski definition) is 3. The van der Waals surface area contributed by atoms with E-state index >= 15 is 0 Å². The second-order valence-corrected chi connectivity index (χ2v) is 4.42. The maximum absolute atomic E-state index is 11.9. The summed E-state index contributed by atoms with van der Waals surface area (Å²) in [6.45, 7) is 0.534. The molecule has 0 aliphatic carbocycles. The molecule has 6 heteroatoms. The summed E-state index contributed by atoms with van der Waals surface area (Å²) in [7, 11) is 5.47. The zero-order valence-electron chi connectivity index (χ0n) is 11.3. The van der Waals surface area contributed by atoms with Crippen LogP contribution < -0.4 is 0 Å². The van der Waals surface area contributed by atoms with E-state index in [1.165, 1.54) is 0 Å². The van der Waals surface area contributed by atoms with Gasteiger partial charge in [-0.05, 0) is 12.1 Å². The molecule has 0 spiro atoms. The second-order valence-electron chi connectivity index (χ2n) is 4.42. The minimum Gasteiger partial charge on any atom is -0.336 e. The average molecular weight is 259 g/mol. The van der Waals surface area contributed by atoms with E-state index in [9.17, 15) is 4.79 Å². The molecule has 0 aliphatic heterocycles. The summed E-state index contributed by atoms with van der Waals surface area (Å²) in [5, 5.41) is 8.12. The van der Waals surface area contributed by atoms with Crippen LogP contribution in [0.25, 0.3) is 6.08 Å². The molecule has 6 nitrogen and oxygen atoms in total. The summed E-state index contributed by atoms with van der Waals surface area (Å²) in [6.07, 6.45) is 8.59. The monoisotopic (exact) mass is 259 g/mol. The molecule has 2 aromatic heterocycles. The quantitative estimate of drug-likeness (QED) is 0.764. The van der Waals surface area contributed by atoms with E-state index < -0.39 is 0 Å². The number of nitrogens with zero attached hydrogens (tertiary/aromatic N) is 5. The van der Waals surface area contributed by atoms with E-state index in [1.807, 2.05) is 26.4 Å². The lowest BCUT2D eigenvalue weighted by Crippen LogP contribution is -2.25. The number of carbonyl (C=O) groups is 1. The van der Waals surface area contributed by atoms with E-state index in [0.717, 1.165) is 11.3 Å². The van der Waals surface area contributed by atoms with Crippen LogP contribution in [-0.4, -0.2) is 37.4 Å². The van der Waals surface area contributed by atoms with Gasteiger partial charge in [-0.15, -0.1) is 0 Å². The van der Waals surface area contributed by atoms with Gasteiger partial charge in [-0.1, -0.05) is 0 Å². The first-order chi connectivity index (χ1) is 9.06. The third-order valence-corrected chi connectivity index (χ3v) is 2.84. The molecule has 1 amide bonds. The molecule has 2 heterocycles. The largest absolute Gasteiger partial charge is 0.336 e. The molecule has 0 fully saturated rings. The van der Waals surface area contributed by atoms with Gasteiger partial charge in [0.1, 0.15) is 0 Å². The average Bonchev–Trinajstić information content (AvgIpc) is 2.96. The van der Waals surface area contributed by atoms with Crippen LogP contribution in [0.2, 0.25) is 0 Å². The Labute approximate surface area is 111 Å². The van der Waals surface area contributed by atoms with Gasteiger partial charge in [-0.2, -0.15) is 10.2 Å². The van der Waals surface area contributed by atoms with Crippen LogP contribution >= 0.6 is 0 Å². The molecule has 100 valence electrons. The van der Waals surface area contributed by atoms with E-state index in [2.05, 4.69) is 10.2 Å². The molecular weight excluding hydrogens is 242 g/mol. The third-order valence-electron chi connectivity index (χ3n) is 2.84. The standard InChI is InChI=1S/C13H17N5O/c1-16(10-12-6-7-14-18(12)3)13(19)5-4-11-8-15-17(2)9-11/h4-9H,10H2,1-3H3/b5-4+. The lowest BCUT2D eigenvalue weighted by Gasteiger charge is -2.14. The third kappa shape index (κ3) is 3.31. The van der Waals surface area contributed by atoms with Crippen molar-refractivity contribution in [2.24, 2.45) is 14.1 Å². The molecule has 0 aromatic carbocycles. The van der Waals surface area contributed by atoms with Crippen LogP contribution in [0.1, 0.15) is 11.3 Å². The fourth-order valence-electron chi connectivity index (χ4n) is 1.70. The molecular formula is C13H17N5O. The smallest absolute Gasteiger partial charge is 0.246 e. The van der Waals surface area contributed by atoms with E-state index in [4.69, 9.17) is 0 Å². The number of rotatable bonds is 4. The summed E-state index contributed by atoms with van der Waals surface area (Å²) < 4.78 is 3.46. The van der Waals surface area contributed by atoms with Gasteiger partial charge < -0.3 is 4.90 Å². The molecule has 2 rings (SSSR count). The number of amides is 1. The summed E-state index contributed by atoms with van der Waals surface area (Å²) in [5.74, 6) is -0.0509. The molecule has 0 N–H and O–H groups in total. The first-order valence-electron chi connectivity index (χ1n) is 5.95. The molecule has 2 aromatic rings. The zero-order chi connectivity index (χ0) is 13.8.